The van der Waals surface area contributed by atoms with Gasteiger partial charge in [0, 0.05) is 25.1 Å². The monoisotopic (exact) mass is 1090 g/mol. The van der Waals surface area contributed by atoms with Gasteiger partial charge in [-0.1, -0.05) is 55.2 Å². The van der Waals surface area contributed by atoms with Crippen molar-refractivity contribution in [2.75, 3.05) is 5.73 Å². The first-order valence-electron chi connectivity index (χ1n) is 16.1. The molecule has 2 aromatic heterocycles. The molecule has 0 fully saturated rings. The number of halogens is 14. The van der Waals surface area contributed by atoms with E-state index in [1.165, 1.54) is 6.92 Å². The van der Waals surface area contributed by atoms with E-state index in [9.17, 15) is 43.9 Å². The molecule has 0 bridgehead atoms. The molecule has 0 saturated carbocycles. The minimum absolute atomic E-state index is 0.243. The third-order valence-electron chi connectivity index (χ3n) is 7.94. The van der Waals surface area contributed by atoms with Gasteiger partial charge in [-0.15, -0.1) is 0 Å². The first-order chi connectivity index (χ1) is 28.3. The van der Waals surface area contributed by atoms with E-state index in [2.05, 4.69) is 93.7 Å². The number of aromatic nitrogens is 4. The maximum Gasteiger partial charge on any atom is 0.188 e. The fraction of sp³-hybridized carbons (Fsp3) is 0.0526. The lowest BCUT2D eigenvalue weighted by Gasteiger charge is -2.07. The van der Waals surface area contributed by atoms with E-state index in [4.69, 9.17) is 11.3 Å². The summed E-state index contributed by atoms with van der Waals surface area (Å²) < 4.78 is 133. The Balaban J connectivity index is 0.000000157. The Bertz CT molecular complexity index is 2800. The van der Waals surface area contributed by atoms with E-state index in [1.807, 2.05) is 19.1 Å². The normalized spacial score (nSPS) is 10.7. The van der Waals surface area contributed by atoms with Crippen LogP contribution in [0.1, 0.15) is 11.1 Å². The van der Waals surface area contributed by atoms with E-state index in [0.29, 0.717) is 32.2 Å². The predicted molar refractivity (Wildman–Crippen MR) is 220 cm³/mol. The van der Waals surface area contributed by atoms with Gasteiger partial charge in [0.15, 0.2) is 58.2 Å². The number of anilines is 1. The first-order valence-corrected chi connectivity index (χ1v) is 19.3. The molecule has 0 unspecified atom stereocenters. The van der Waals surface area contributed by atoms with Gasteiger partial charge >= 0.3 is 0 Å². The summed E-state index contributed by atoms with van der Waals surface area (Å²) in [6.07, 6.45) is 0. The van der Waals surface area contributed by atoms with Crippen LogP contribution >= 0.6 is 63.7 Å². The number of nitrogens with two attached hydrogens (primary N) is 1. The van der Waals surface area contributed by atoms with Crippen molar-refractivity contribution in [3.8, 4) is 0 Å². The zero-order chi connectivity index (χ0) is 44.3. The molecular weight excluding hydrogens is 1080 g/mol. The highest BCUT2D eigenvalue weighted by Gasteiger charge is 2.23. The number of hydrogen-bond donors (Lipinski definition) is 1. The van der Waals surface area contributed by atoms with Gasteiger partial charge in [0.2, 0.25) is 0 Å². The quantitative estimate of drug-likeness (QED) is 0.0256. The molecule has 22 heteroatoms. The van der Waals surface area contributed by atoms with Gasteiger partial charge in [0.05, 0.1) is 31.0 Å². The number of aryl methyl sites for hydroxylation is 1. The summed E-state index contributed by atoms with van der Waals surface area (Å²) in [5.41, 5.74) is 13.0. The molecule has 308 valence electrons. The smallest absolute Gasteiger partial charge is 0.188 e. The molecule has 0 atom stereocenters. The van der Waals surface area contributed by atoms with Crippen molar-refractivity contribution < 1.29 is 43.9 Å². The van der Waals surface area contributed by atoms with Crippen LogP contribution in [0.3, 0.4) is 0 Å². The Morgan fingerprint density at radius 3 is 1.45 bits per heavy atom. The lowest BCUT2D eigenvalue weighted by molar-refractivity contribution is 0.452. The molecule has 2 N–H and O–H groups in total. The van der Waals surface area contributed by atoms with Crippen molar-refractivity contribution in [3.05, 3.63) is 158 Å². The third kappa shape index (κ3) is 9.57. The fourth-order valence-electron chi connectivity index (χ4n) is 4.93. The Kier molecular flexibility index (Phi) is 14.6. The molecule has 6 aromatic carbocycles. The predicted octanol–water partition coefficient (Wildman–Crippen LogP) is 14.5. The van der Waals surface area contributed by atoms with Crippen molar-refractivity contribution in [2.24, 2.45) is 5.11 Å². The lowest BCUT2D eigenvalue weighted by Crippen LogP contribution is -2.03. The molecule has 0 aliphatic rings. The molecule has 0 saturated heterocycles. The largest absolute Gasteiger partial charge is 0.394 e. The average molecular weight is 1100 g/mol. The van der Waals surface area contributed by atoms with Crippen LogP contribution in [-0.2, 0) is 0 Å². The number of benzene rings is 6. The molecule has 0 aliphatic heterocycles. The van der Waals surface area contributed by atoms with E-state index >= 15 is 0 Å². The van der Waals surface area contributed by atoms with Crippen LogP contribution in [0.4, 0.5) is 55.3 Å². The second-order valence-electron chi connectivity index (χ2n) is 11.9. The van der Waals surface area contributed by atoms with Crippen LogP contribution in [0.2, 0.25) is 0 Å². The Labute approximate surface area is 364 Å². The van der Waals surface area contributed by atoms with Gasteiger partial charge in [0.1, 0.15) is 27.8 Å². The first kappa shape index (κ1) is 45.9. The van der Waals surface area contributed by atoms with Crippen molar-refractivity contribution in [1.29, 1.82) is 0 Å². The Morgan fingerprint density at radius 2 is 0.900 bits per heavy atom. The summed E-state index contributed by atoms with van der Waals surface area (Å²) in [4.78, 5) is 18.6. The van der Waals surface area contributed by atoms with Crippen LogP contribution < -0.4 is 5.73 Å². The molecule has 0 radical (unpaired) electrons. The molecule has 60 heavy (non-hydrogen) atoms. The topological polar surface area (TPSA) is 126 Å². The van der Waals surface area contributed by atoms with Crippen LogP contribution in [0, 0.1) is 72.0 Å². The molecule has 2 heterocycles. The summed E-state index contributed by atoms with van der Waals surface area (Å²) in [5, 5.41) is 3.41. The standard InChI is InChI=1S/C14H9F3N2.C12H3Br2F3N2.C6H2BrF4N.C6H4BrN3/c1-6-3-4-8-9(5-6)19-14-12(17)10(15)7(2)11(16)13(14)18-8;13-4-1-2-5-6(3-4)19-12-10(17)8(15)7(14)9(16)11(12)18-5;7-1-2(8)4(10)6(12)5(11)3(1)9;7-5-1-3-6(4-2-5)9-10-8/h3-5H,1-2H3;1-3H;12H2;1-4H. The van der Waals surface area contributed by atoms with Crippen molar-refractivity contribution in [1.82, 2.24) is 19.9 Å². The van der Waals surface area contributed by atoms with E-state index in [0.717, 1.165) is 10.0 Å². The molecule has 0 amide bonds. The summed E-state index contributed by atoms with van der Waals surface area (Å²) in [6.45, 7) is 3.02. The van der Waals surface area contributed by atoms with Gasteiger partial charge in [0.25, 0.3) is 0 Å². The van der Waals surface area contributed by atoms with Gasteiger partial charge in [-0.2, -0.15) is 0 Å². The molecule has 0 aliphatic carbocycles. The van der Waals surface area contributed by atoms with Crippen molar-refractivity contribution >= 4 is 119 Å². The number of rotatable bonds is 1. The van der Waals surface area contributed by atoms with Crippen molar-refractivity contribution in [2.45, 2.75) is 13.8 Å². The SMILES string of the molecule is Cc1ccc2nc3c(F)c(C)c(F)c(F)c3nc2c1.Fc1c(Br)c(F)c2nc3ccc(Br)cc3nc2c1F.Nc1c(F)c(F)c(Br)c(F)c1F.[N-]=[N+]=Nc1ccc(Br)cc1. The maximum absolute atomic E-state index is 13.9. The van der Waals surface area contributed by atoms with Crippen LogP contribution in [0.25, 0.3) is 54.6 Å². The van der Waals surface area contributed by atoms with Gasteiger partial charge in [-0.3, -0.25) is 0 Å². The summed E-state index contributed by atoms with van der Waals surface area (Å²) >= 11 is 11.5. The number of nitrogen functional groups attached to an aromatic ring is 1. The minimum atomic E-state index is -1.60. The van der Waals surface area contributed by atoms with Crippen LogP contribution in [0.15, 0.2) is 83.7 Å². The number of fused-ring (bicyclic) bond motifs is 4. The molecular formula is C38H18Br4F10N8. The summed E-state index contributed by atoms with van der Waals surface area (Å²) in [6, 6.07) is 17.2. The second kappa shape index (κ2) is 19.1. The van der Waals surface area contributed by atoms with Crippen LogP contribution in [0.5, 0.6) is 0 Å². The zero-order valence-electron chi connectivity index (χ0n) is 29.8. The maximum atomic E-state index is 13.9. The highest BCUT2D eigenvalue weighted by atomic mass is 79.9. The van der Waals surface area contributed by atoms with E-state index in [1.54, 1.807) is 48.5 Å². The molecule has 8 rings (SSSR count). The highest BCUT2D eigenvalue weighted by molar-refractivity contribution is 9.11. The summed E-state index contributed by atoms with van der Waals surface area (Å²) in [5.74, 6) is -13.0. The Morgan fingerprint density at radius 1 is 0.483 bits per heavy atom. The number of nitrogens with zero attached hydrogens (tertiary/aromatic N) is 7. The molecule has 0 spiro atoms. The minimum Gasteiger partial charge on any atom is -0.394 e. The number of hydrogen-bond acceptors (Lipinski definition) is 6. The van der Waals surface area contributed by atoms with Gasteiger partial charge in [-0.25, -0.2) is 63.8 Å². The Hall–Kier alpha value is -5.15. The van der Waals surface area contributed by atoms with Gasteiger partial charge in [-0.05, 0) is 99.3 Å². The average Bonchev–Trinajstić information content (AvgIpc) is 3.24. The molecule has 8 nitrogen and oxygen atoms in total. The lowest BCUT2D eigenvalue weighted by atomic mass is 10.1. The summed E-state index contributed by atoms with van der Waals surface area (Å²) in [7, 11) is 0. The van der Waals surface area contributed by atoms with E-state index < -0.39 is 78.3 Å². The van der Waals surface area contributed by atoms with Gasteiger partial charge < -0.3 is 5.73 Å². The second-order valence-corrected chi connectivity index (χ2v) is 15.4. The van der Waals surface area contributed by atoms with Crippen LogP contribution in [-0.4, -0.2) is 19.9 Å². The van der Waals surface area contributed by atoms with Crippen molar-refractivity contribution in [3.63, 3.8) is 0 Å². The zero-order valence-corrected chi connectivity index (χ0v) is 36.1. The fourth-order valence-corrected chi connectivity index (χ4v) is 6.25. The molecule has 8 aromatic rings. The third-order valence-corrected chi connectivity index (χ3v) is 10.4. The number of azide groups is 1. The van der Waals surface area contributed by atoms with E-state index in [-0.39, 0.29) is 22.1 Å². The highest BCUT2D eigenvalue weighted by Crippen LogP contribution is 2.32.